The Morgan fingerprint density at radius 2 is 1.77 bits per heavy atom. The number of benzene rings is 2. The first-order valence-corrected chi connectivity index (χ1v) is 10.4. The maximum absolute atomic E-state index is 12.4. The van der Waals surface area contributed by atoms with Crippen LogP contribution in [0, 0.1) is 0 Å². The van der Waals surface area contributed by atoms with Crippen molar-refractivity contribution >= 4 is 0 Å². The smallest absolute Gasteiger partial charge is 0.231 e. The minimum Gasteiger partial charge on any atom is -0.493 e. The Hall–Kier alpha value is -2.52. The van der Waals surface area contributed by atoms with Crippen molar-refractivity contribution in [3.63, 3.8) is 0 Å². The molecule has 3 aliphatic heterocycles. The van der Waals surface area contributed by atoms with Crippen molar-refractivity contribution in [3.8, 4) is 23.0 Å². The second-order valence-corrected chi connectivity index (χ2v) is 8.78. The fraction of sp³-hybridized carbons (Fsp3) is 0.478. The molecule has 6 rings (SSSR count). The number of nitrogens with one attached hydrogen (secondary N) is 1. The molecular formula is C23H25NO7. The summed E-state index contributed by atoms with van der Waals surface area (Å²) in [6.07, 6.45) is -1.10. The molecule has 8 heteroatoms. The molecule has 0 bridgehead atoms. The second-order valence-electron chi connectivity index (χ2n) is 8.78. The lowest BCUT2D eigenvalue weighted by atomic mass is 9.66. The fourth-order valence-electron chi connectivity index (χ4n) is 5.50. The highest BCUT2D eigenvalue weighted by molar-refractivity contribution is 5.59. The highest BCUT2D eigenvalue weighted by atomic mass is 16.8. The van der Waals surface area contributed by atoms with Gasteiger partial charge in [0.15, 0.2) is 28.8 Å². The Bertz CT molecular complexity index is 1080. The normalized spacial score (nSPS) is 31.3. The number of aliphatic hydroxyl groups is 1. The molecule has 164 valence electrons. The summed E-state index contributed by atoms with van der Waals surface area (Å²) in [7, 11) is 3.20. The highest BCUT2D eigenvalue weighted by Crippen LogP contribution is 2.60. The van der Waals surface area contributed by atoms with Crippen LogP contribution in [0.5, 0.6) is 23.0 Å². The van der Waals surface area contributed by atoms with Gasteiger partial charge in [-0.15, -0.1) is 0 Å². The maximum Gasteiger partial charge on any atom is 0.231 e. The second kappa shape index (κ2) is 6.26. The van der Waals surface area contributed by atoms with Gasteiger partial charge in [0.2, 0.25) is 6.79 Å². The molecule has 4 aliphatic rings. The lowest BCUT2D eigenvalue weighted by Gasteiger charge is -2.50. The molecule has 2 aromatic rings. The largest absolute Gasteiger partial charge is 0.493 e. The zero-order chi connectivity index (χ0) is 21.5. The van der Waals surface area contributed by atoms with Gasteiger partial charge in [0.25, 0.3) is 0 Å². The molecule has 1 fully saturated rings. The van der Waals surface area contributed by atoms with Gasteiger partial charge in [-0.25, -0.2) is 0 Å². The SMILES string of the molecule is COc1ccc2c(c1OC)CN[C@@H]1c3cc4c(cc3[C@@H]3OC(C)(C)O[C@@H]3[C@@]21O)OCO4. The van der Waals surface area contributed by atoms with Crippen LogP contribution in [0.4, 0.5) is 0 Å². The summed E-state index contributed by atoms with van der Waals surface area (Å²) in [5, 5.41) is 15.9. The van der Waals surface area contributed by atoms with E-state index < -0.39 is 29.6 Å². The molecule has 4 atom stereocenters. The van der Waals surface area contributed by atoms with E-state index in [1.807, 2.05) is 38.1 Å². The molecule has 0 unspecified atom stereocenters. The van der Waals surface area contributed by atoms with Crippen LogP contribution in [0.2, 0.25) is 0 Å². The van der Waals surface area contributed by atoms with E-state index in [4.69, 9.17) is 28.4 Å². The lowest BCUT2D eigenvalue weighted by molar-refractivity contribution is -0.182. The Morgan fingerprint density at radius 1 is 1.03 bits per heavy atom. The van der Waals surface area contributed by atoms with Crippen molar-refractivity contribution in [2.24, 2.45) is 0 Å². The average Bonchev–Trinajstić information content (AvgIpc) is 3.34. The van der Waals surface area contributed by atoms with Crippen molar-refractivity contribution in [2.45, 2.75) is 50.0 Å². The summed E-state index contributed by atoms with van der Waals surface area (Å²) >= 11 is 0. The zero-order valence-electron chi connectivity index (χ0n) is 17.9. The molecule has 8 nitrogen and oxygen atoms in total. The third-order valence-corrected chi connectivity index (χ3v) is 6.73. The highest BCUT2D eigenvalue weighted by Gasteiger charge is 2.63. The molecule has 2 aromatic carbocycles. The van der Waals surface area contributed by atoms with Crippen molar-refractivity contribution in [2.75, 3.05) is 21.0 Å². The number of rotatable bonds is 2. The molecule has 0 amide bonds. The van der Waals surface area contributed by atoms with Crippen LogP contribution in [0.25, 0.3) is 0 Å². The molecule has 31 heavy (non-hydrogen) atoms. The maximum atomic E-state index is 12.4. The first-order chi connectivity index (χ1) is 14.9. The predicted octanol–water partition coefficient (Wildman–Crippen LogP) is 2.67. The molecule has 2 N–H and O–H groups in total. The van der Waals surface area contributed by atoms with Gasteiger partial charge < -0.3 is 38.8 Å². The van der Waals surface area contributed by atoms with Crippen LogP contribution < -0.4 is 24.3 Å². The topological polar surface area (TPSA) is 87.6 Å². The van der Waals surface area contributed by atoms with E-state index in [1.54, 1.807) is 14.2 Å². The van der Waals surface area contributed by atoms with Gasteiger partial charge in [0.05, 0.1) is 20.3 Å². The standard InChI is InChI=1S/C23H25NO7/c1-22(2)30-19-11-7-16-17(29-10-28-16)8-12(11)20-23(25,21(19)31-22)14-5-6-15(26-3)18(27-4)13(14)9-24-20/h5-8,19-21,24-25H,9-10H2,1-4H3/t19-,20+,21-,23+/m0/s1. The summed E-state index contributed by atoms with van der Waals surface area (Å²) in [6.45, 7) is 4.40. The number of fused-ring (bicyclic) bond motifs is 9. The van der Waals surface area contributed by atoms with Gasteiger partial charge >= 0.3 is 0 Å². The van der Waals surface area contributed by atoms with Gasteiger partial charge in [0.1, 0.15) is 17.8 Å². The van der Waals surface area contributed by atoms with Crippen LogP contribution in [-0.4, -0.2) is 38.0 Å². The number of hydrogen-bond acceptors (Lipinski definition) is 8. The van der Waals surface area contributed by atoms with Gasteiger partial charge in [-0.05, 0) is 48.7 Å². The van der Waals surface area contributed by atoms with E-state index in [9.17, 15) is 5.11 Å². The number of ether oxygens (including phenoxy) is 6. The van der Waals surface area contributed by atoms with Crippen LogP contribution in [0.15, 0.2) is 24.3 Å². The Labute approximate surface area is 180 Å². The molecular weight excluding hydrogens is 402 g/mol. The fourth-order valence-corrected chi connectivity index (χ4v) is 5.50. The first-order valence-electron chi connectivity index (χ1n) is 10.4. The quantitative estimate of drug-likeness (QED) is 0.757. The van der Waals surface area contributed by atoms with Crippen LogP contribution in [0.3, 0.4) is 0 Å². The molecule has 1 aliphatic carbocycles. The predicted molar refractivity (Wildman–Crippen MR) is 108 cm³/mol. The van der Waals surface area contributed by atoms with E-state index in [2.05, 4.69) is 5.32 Å². The van der Waals surface area contributed by atoms with Gasteiger partial charge in [-0.1, -0.05) is 6.07 Å². The van der Waals surface area contributed by atoms with Crippen LogP contribution in [-0.2, 0) is 21.6 Å². The Kier molecular flexibility index (Phi) is 3.87. The minimum absolute atomic E-state index is 0.178. The van der Waals surface area contributed by atoms with E-state index in [1.165, 1.54) is 0 Å². The minimum atomic E-state index is -1.40. The van der Waals surface area contributed by atoms with Gasteiger partial charge in [0, 0.05) is 12.1 Å². The molecule has 3 heterocycles. The average molecular weight is 427 g/mol. The molecule has 0 radical (unpaired) electrons. The summed E-state index contributed by atoms with van der Waals surface area (Å²) in [6, 6.07) is 7.18. The van der Waals surface area contributed by atoms with Gasteiger partial charge in [-0.2, -0.15) is 0 Å². The van der Waals surface area contributed by atoms with E-state index in [-0.39, 0.29) is 6.79 Å². The Morgan fingerprint density at radius 3 is 2.48 bits per heavy atom. The summed E-state index contributed by atoms with van der Waals surface area (Å²) < 4.78 is 35.0. The van der Waals surface area contributed by atoms with E-state index in [0.29, 0.717) is 29.5 Å². The van der Waals surface area contributed by atoms with Gasteiger partial charge in [-0.3, -0.25) is 0 Å². The van der Waals surface area contributed by atoms with E-state index in [0.717, 1.165) is 22.3 Å². The number of methoxy groups -OCH3 is 2. The zero-order valence-corrected chi connectivity index (χ0v) is 17.9. The monoisotopic (exact) mass is 427 g/mol. The summed E-state index contributed by atoms with van der Waals surface area (Å²) in [5.74, 6) is 1.70. The van der Waals surface area contributed by atoms with E-state index >= 15 is 0 Å². The first kappa shape index (κ1) is 19.2. The molecule has 1 saturated heterocycles. The number of hydrogen-bond donors (Lipinski definition) is 2. The lowest BCUT2D eigenvalue weighted by Crippen LogP contribution is -2.57. The third kappa shape index (κ3) is 2.44. The molecule has 0 spiro atoms. The van der Waals surface area contributed by atoms with Crippen molar-refractivity contribution < 1.29 is 33.5 Å². The van der Waals surface area contributed by atoms with Crippen molar-refractivity contribution in [3.05, 3.63) is 46.5 Å². The Balaban J connectivity index is 1.60. The van der Waals surface area contributed by atoms with Crippen LogP contribution >= 0.6 is 0 Å². The summed E-state index contributed by atoms with van der Waals surface area (Å²) in [4.78, 5) is 0. The summed E-state index contributed by atoms with van der Waals surface area (Å²) in [5.41, 5.74) is 2.04. The van der Waals surface area contributed by atoms with Crippen molar-refractivity contribution in [1.82, 2.24) is 5.32 Å². The molecule has 0 saturated carbocycles. The van der Waals surface area contributed by atoms with Crippen LogP contribution in [0.1, 0.15) is 48.2 Å². The third-order valence-electron chi connectivity index (χ3n) is 6.73. The van der Waals surface area contributed by atoms with Crippen molar-refractivity contribution in [1.29, 1.82) is 0 Å². The molecule has 0 aromatic heterocycles.